The fourth-order valence-electron chi connectivity index (χ4n) is 2.79. The van der Waals surface area contributed by atoms with E-state index in [1.807, 2.05) is 0 Å². The predicted octanol–water partition coefficient (Wildman–Crippen LogP) is 3.34. The highest BCUT2D eigenvalue weighted by molar-refractivity contribution is 7.89. The number of nitrogens with zero attached hydrogens (tertiary/aromatic N) is 1. The largest absolute Gasteiger partial charge is 0.484 e. The molecule has 1 amide bonds. The van der Waals surface area contributed by atoms with Crippen LogP contribution in [0.4, 0.5) is 5.69 Å². The maximum Gasteiger partial charge on any atom is 0.262 e. The van der Waals surface area contributed by atoms with Gasteiger partial charge in [-0.1, -0.05) is 29.3 Å². The summed E-state index contributed by atoms with van der Waals surface area (Å²) in [5.74, 6) is -0.0383. The van der Waals surface area contributed by atoms with Crippen molar-refractivity contribution < 1.29 is 22.7 Å². The summed E-state index contributed by atoms with van der Waals surface area (Å²) < 4.78 is 37.9. The van der Waals surface area contributed by atoms with Crippen LogP contribution >= 0.6 is 23.2 Å². The average molecular weight is 459 g/mol. The summed E-state index contributed by atoms with van der Waals surface area (Å²) in [7, 11) is -3.67. The highest BCUT2D eigenvalue weighted by Gasteiger charge is 2.28. The molecule has 1 fully saturated rings. The molecule has 0 radical (unpaired) electrons. The van der Waals surface area contributed by atoms with Gasteiger partial charge in [-0.05, 0) is 36.8 Å². The molecule has 0 unspecified atom stereocenters. The smallest absolute Gasteiger partial charge is 0.262 e. The molecule has 2 aromatic carbocycles. The molecule has 1 N–H and O–H groups in total. The maximum absolute atomic E-state index is 12.9. The zero-order chi connectivity index (χ0) is 21.0. The lowest BCUT2D eigenvalue weighted by Gasteiger charge is -2.26. The van der Waals surface area contributed by atoms with Gasteiger partial charge >= 0.3 is 0 Å². The first-order chi connectivity index (χ1) is 13.8. The maximum atomic E-state index is 12.9. The zero-order valence-electron chi connectivity index (χ0n) is 15.7. The molecule has 10 heteroatoms. The number of benzene rings is 2. The molecule has 29 heavy (non-hydrogen) atoms. The Hall–Kier alpha value is -1.84. The summed E-state index contributed by atoms with van der Waals surface area (Å²) in [4.78, 5) is 12.4. The SMILES string of the molecule is Cc1ccc(NC(=O)COc2ccc(Cl)c(Cl)c2)cc1S(=O)(=O)N1CCOCC1. The number of carbonyl (C=O) groups excluding carboxylic acids is 1. The third-order valence-corrected chi connectivity index (χ3v) is 7.10. The Labute approximate surface area is 179 Å². The van der Waals surface area contributed by atoms with E-state index in [0.29, 0.717) is 53.3 Å². The van der Waals surface area contributed by atoms with Gasteiger partial charge in [0.05, 0.1) is 28.2 Å². The molecule has 0 atom stereocenters. The van der Waals surface area contributed by atoms with Crippen molar-refractivity contribution in [1.29, 1.82) is 0 Å². The molecule has 3 rings (SSSR count). The monoisotopic (exact) mass is 458 g/mol. The van der Waals surface area contributed by atoms with Crippen molar-refractivity contribution in [2.24, 2.45) is 0 Å². The molecule has 1 saturated heterocycles. The lowest BCUT2D eigenvalue weighted by Crippen LogP contribution is -2.40. The van der Waals surface area contributed by atoms with Crippen molar-refractivity contribution in [3.05, 3.63) is 52.0 Å². The molecule has 156 valence electrons. The summed E-state index contributed by atoms with van der Waals surface area (Å²) in [6.07, 6.45) is 0. The molecule has 2 aromatic rings. The molecule has 1 heterocycles. The molecule has 0 bridgehead atoms. The van der Waals surface area contributed by atoms with Gasteiger partial charge in [-0.3, -0.25) is 4.79 Å². The highest BCUT2D eigenvalue weighted by atomic mass is 35.5. The predicted molar refractivity (Wildman–Crippen MR) is 111 cm³/mol. The molecule has 1 aliphatic rings. The number of rotatable bonds is 6. The van der Waals surface area contributed by atoms with Gasteiger partial charge in [-0.2, -0.15) is 4.31 Å². The van der Waals surface area contributed by atoms with E-state index in [0.717, 1.165) is 0 Å². The van der Waals surface area contributed by atoms with Gasteiger partial charge in [0.2, 0.25) is 10.0 Å². The lowest BCUT2D eigenvalue weighted by atomic mass is 10.2. The molecule has 0 spiro atoms. The Balaban J connectivity index is 1.68. The van der Waals surface area contributed by atoms with E-state index >= 15 is 0 Å². The van der Waals surface area contributed by atoms with Gasteiger partial charge in [-0.15, -0.1) is 0 Å². The van der Waals surface area contributed by atoms with Crippen LogP contribution in [0, 0.1) is 6.92 Å². The number of morpholine rings is 1. The van der Waals surface area contributed by atoms with E-state index in [-0.39, 0.29) is 11.5 Å². The Morgan fingerprint density at radius 1 is 1.14 bits per heavy atom. The van der Waals surface area contributed by atoms with Crippen LogP contribution in [0.5, 0.6) is 5.75 Å². The van der Waals surface area contributed by atoms with E-state index in [1.165, 1.54) is 16.4 Å². The van der Waals surface area contributed by atoms with Crippen molar-refractivity contribution in [2.75, 3.05) is 38.2 Å². The Bertz CT molecular complexity index is 1010. The van der Waals surface area contributed by atoms with E-state index in [4.69, 9.17) is 32.7 Å². The van der Waals surface area contributed by atoms with Gasteiger partial charge in [0.1, 0.15) is 5.75 Å². The number of halogens is 2. The second-order valence-electron chi connectivity index (χ2n) is 6.41. The number of hydrogen-bond acceptors (Lipinski definition) is 5. The number of nitrogens with one attached hydrogen (secondary N) is 1. The van der Waals surface area contributed by atoms with Crippen molar-refractivity contribution >= 4 is 44.8 Å². The minimum atomic E-state index is -3.67. The standard InChI is InChI=1S/C19H20Cl2N2O5S/c1-13-2-3-14(10-18(13)29(25,26)23-6-8-27-9-7-23)22-19(24)12-28-15-4-5-16(20)17(21)11-15/h2-5,10-11H,6-9,12H2,1H3,(H,22,24). The molecule has 0 saturated carbocycles. The van der Waals surface area contributed by atoms with Crippen LogP contribution in [0.1, 0.15) is 5.56 Å². The van der Waals surface area contributed by atoms with Gasteiger partial charge in [-0.25, -0.2) is 8.42 Å². The van der Waals surface area contributed by atoms with Gasteiger partial charge < -0.3 is 14.8 Å². The summed E-state index contributed by atoms with van der Waals surface area (Å²) in [6, 6.07) is 9.43. The number of ether oxygens (including phenoxy) is 2. The van der Waals surface area contributed by atoms with Crippen LogP contribution in [0.25, 0.3) is 0 Å². The van der Waals surface area contributed by atoms with Gasteiger partial charge in [0.25, 0.3) is 5.91 Å². The molecule has 0 aromatic heterocycles. The Kier molecular flexibility index (Phi) is 7.02. The summed E-state index contributed by atoms with van der Waals surface area (Å²) in [6.45, 7) is 2.77. The highest BCUT2D eigenvalue weighted by Crippen LogP contribution is 2.27. The quantitative estimate of drug-likeness (QED) is 0.717. The molecular weight excluding hydrogens is 439 g/mol. The number of anilines is 1. The second-order valence-corrected chi connectivity index (χ2v) is 9.13. The summed E-state index contributed by atoms with van der Waals surface area (Å²) in [5, 5.41) is 3.36. The zero-order valence-corrected chi connectivity index (χ0v) is 18.0. The van der Waals surface area contributed by atoms with Crippen molar-refractivity contribution in [1.82, 2.24) is 4.31 Å². The van der Waals surface area contributed by atoms with Crippen LogP contribution in [-0.2, 0) is 19.6 Å². The van der Waals surface area contributed by atoms with Crippen LogP contribution < -0.4 is 10.1 Å². The number of carbonyl (C=O) groups is 1. The second kappa shape index (κ2) is 9.32. The van der Waals surface area contributed by atoms with Gasteiger partial charge in [0, 0.05) is 24.8 Å². The molecular formula is C19H20Cl2N2O5S. The number of aryl methyl sites for hydroxylation is 1. The first kappa shape index (κ1) is 21.9. The minimum absolute atomic E-state index is 0.155. The van der Waals surface area contributed by atoms with Crippen LogP contribution in [0.3, 0.4) is 0 Å². The molecule has 1 aliphatic heterocycles. The van der Waals surface area contributed by atoms with Crippen molar-refractivity contribution in [3.63, 3.8) is 0 Å². The molecule has 7 nitrogen and oxygen atoms in total. The van der Waals surface area contributed by atoms with Crippen LogP contribution in [0.2, 0.25) is 10.0 Å². The summed E-state index contributed by atoms with van der Waals surface area (Å²) in [5.41, 5.74) is 0.965. The van der Waals surface area contributed by atoms with E-state index in [9.17, 15) is 13.2 Å². The molecule has 0 aliphatic carbocycles. The number of hydrogen-bond donors (Lipinski definition) is 1. The van der Waals surface area contributed by atoms with Crippen molar-refractivity contribution in [2.45, 2.75) is 11.8 Å². The first-order valence-electron chi connectivity index (χ1n) is 8.83. The fourth-order valence-corrected chi connectivity index (χ4v) is 4.74. The topological polar surface area (TPSA) is 84.9 Å². The number of sulfonamides is 1. The fraction of sp³-hybridized carbons (Fsp3) is 0.316. The summed E-state index contributed by atoms with van der Waals surface area (Å²) >= 11 is 11.8. The van der Waals surface area contributed by atoms with Crippen molar-refractivity contribution in [3.8, 4) is 5.75 Å². The Morgan fingerprint density at radius 3 is 2.55 bits per heavy atom. The van der Waals surface area contributed by atoms with E-state index < -0.39 is 15.9 Å². The number of amides is 1. The normalized spacial score (nSPS) is 15.1. The van der Waals surface area contributed by atoms with Crippen LogP contribution in [0.15, 0.2) is 41.3 Å². The first-order valence-corrected chi connectivity index (χ1v) is 11.0. The Morgan fingerprint density at radius 2 is 1.86 bits per heavy atom. The third kappa shape index (κ3) is 5.40. The average Bonchev–Trinajstić information content (AvgIpc) is 2.71. The van der Waals surface area contributed by atoms with Gasteiger partial charge in [0.15, 0.2) is 6.61 Å². The lowest BCUT2D eigenvalue weighted by molar-refractivity contribution is -0.118. The van der Waals surface area contributed by atoms with E-state index in [1.54, 1.807) is 31.2 Å². The van der Waals surface area contributed by atoms with E-state index in [2.05, 4.69) is 5.32 Å². The minimum Gasteiger partial charge on any atom is -0.484 e. The third-order valence-electron chi connectivity index (χ3n) is 4.32. The van der Waals surface area contributed by atoms with Crippen LogP contribution in [-0.4, -0.2) is 51.5 Å².